The van der Waals surface area contributed by atoms with E-state index < -0.39 is 11.6 Å². The fraction of sp³-hybridized carbons (Fsp3) is 0.333. The smallest absolute Gasteiger partial charge is 0.224 e. The molecule has 5 nitrogen and oxygen atoms in total. The third-order valence-electron chi connectivity index (χ3n) is 5.67. The van der Waals surface area contributed by atoms with Crippen molar-refractivity contribution in [3.63, 3.8) is 0 Å². The molecule has 1 aliphatic heterocycles. The Morgan fingerprint density at radius 2 is 1.88 bits per heavy atom. The quantitative estimate of drug-likeness (QED) is 0.419. The van der Waals surface area contributed by atoms with E-state index in [1.165, 1.54) is 31.4 Å². The van der Waals surface area contributed by atoms with Gasteiger partial charge in [0.1, 0.15) is 5.82 Å². The van der Waals surface area contributed by atoms with Crippen molar-refractivity contribution in [1.82, 2.24) is 9.88 Å². The summed E-state index contributed by atoms with van der Waals surface area (Å²) in [5, 5.41) is 6.99. The van der Waals surface area contributed by atoms with Gasteiger partial charge in [0.25, 0.3) is 0 Å². The Labute approximate surface area is 190 Å². The molecule has 1 aliphatic rings. The first-order valence-electron chi connectivity index (χ1n) is 10.8. The van der Waals surface area contributed by atoms with Crippen LogP contribution in [0.25, 0.3) is 10.8 Å². The van der Waals surface area contributed by atoms with Crippen LogP contribution >= 0.6 is 11.6 Å². The van der Waals surface area contributed by atoms with E-state index in [0.29, 0.717) is 23.3 Å². The van der Waals surface area contributed by atoms with Gasteiger partial charge in [-0.3, -0.25) is 4.79 Å². The molecule has 1 saturated heterocycles. The van der Waals surface area contributed by atoms with E-state index in [4.69, 9.17) is 11.6 Å². The maximum absolute atomic E-state index is 14.2. The molecule has 1 aromatic heterocycles. The lowest BCUT2D eigenvalue weighted by Gasteiger charge is -2.26. The Bertz CT molecular complexity index is 1120. The highest BCUT2D eigenvalue weighted by molar-refractivity contribution is 6.30. The highest BCUT2D eigenvalue weighted by Gasteiger charge is 2.14. The lowest BCUT2D eigenvalue weighted by Crippen LogP contribution is -2.31. The van der Waals surface area contributed by atoms with Crippen LogP contribution in [0.4, 0.5) is 26.0 Å². The van der Waals surface area contributed by atoms with E-state index in [1.54, 1.807) is 12.3 Å². The Hall–Kier alpha value is -2.77. The Kier molecular flexibility index (Phi) is 7.17. The summed E-state index contributed by atoms with van der Waals surface area (Å²) in [4.78, 5) is 19.1. The van der Waals surface area contributed by atoms with Crippen molar-refractivity contribution < 1.29 is 13.6 Å². The predicted molar refractivity (Wildman–Crippen MR) is 125 cm³/mol. The SMILES string of the molecule is O=C(CCCN1CCCCC1)Nc1ccc2ccnc(Nc3ccc(Cl)c(F)c3F)c2c1. The average Bonchev–Trinajstić information content (AvgIpc) is 2.80. The molecule has 1 fully saturated rings. The molecule has 2 heterocycles. The number of rotatable bonds is 7. The Balaban J connectivity index is 1.45. The minimum Gasteiger partial charge on any atom is -0.337 e. The van der Waals surface area contributed by atoms with Gasteiger partial charge in [-0.1, -0.05) is 24.1 Å². The number of nitrogens with one attached hydrogen (secondary N) is 2. The van der Waals surface area contributed by atoms with Crippen LogP contribution < -0.4 is 10.6 Å². The molecule has 0 bridgehead atoms. The summed E-state index contributed by atoms with van der Waals surface area (Å²) in [6, 6.07) is 9.89. The van der Waals surface area contributed by atoms with Crippen molar-refractivity contribution in [2.45, 2.75) is 32.1 Å². The number of carbonyl (C=O) groups is 1. The van der Waals surface area contributed by atoms with E-state index in [0.717, 1.165) is 31.4 Å². The van der Waals surface area contributed by atoms with Crippen LogP contribution in [0.1, 0.15) is 32.1 Å². The number of hydrogen-bond acceptors (Lipinski definition) is 4. The summed E-state index contributed by atoms with van der Waals surface area (Å²) in [6.07, 6.45) is 6.61. The molecule has 2 aromatic carbocycles. The molecule has 32 heavy (non-hydrogen) atoms. The van der Waals surface area contributed by atoms with Gasteiger partial charge in [-0.25, -0.2) is 13.8 Å². The van der Waals surface area contributed by atoms with Crippen LogP contribution in [-0.4, -0.2) is 35.4 Å². The zero-order chi connectivity index (χ0) is 22.5. The fourth-order valence-electron chi connectivity index (χ4n) is 3.97. The molecule has 0 spiro atoms. The third kappa shape index (κ3) is 5.34. The van der Waals surface area contributed by atoms with Crippen LogP contribution in [0, 0.1) is 11.6 Å². The number of pyridine rings is 1. The maximum atomic E-state index is 14.2. The van der Waals surface area contributed by atoms with Gasteiger partial charge < -0.3 is 15.5 Å². The van der Waals surface area contributed by atoms with Crippen LogP contribution in [0.5, 0.6) is 0 Å². The van der Waals surface area contributed by atoms with E-state index in [2.05, 4.69) is 20.5 Å². The van der Waals surface area contributed by atoms with Gasteiger partial charge in [0.05, 0.1) is 10.7 Å². The van der Waals surface area contributed by atoms with Gasteiger partial charge in [-0.15, -0.1) is 0 Å². The van der Waals surface area contributed by atoms with Crippen LogP contribution in [-0.2, 0) is 4.79 Å². The van der Waals surface area contributed by atoms with Gasteiger partial charge in [-0.2, -0.15) is 0 Å². The van der Waals surface area contributed by atoms with Crippen molar-refractivity contribution in [2.24, 2.45) is 0 Å². The van der Waals surface area contributed by atoms with E-state index in [-0.39, 0.29) is 16.6 Å². The average molecular weight is 459 g/mol. The number of nitrogens with zero attached hydrogens (tertiary/aromatic N) is 2. The van der Waals surface area contributed by atoms with E-state index in [1.807, 2.05) is 18.2 Å². The van der Waals surface area contributed by atoms with Gasteiger partial charge in [-0.05, 0) is 74.6 Å². The Morgan fingerprint density at radius 1 is 1.06 bits per heavy atom. The zero-order valence-electron chi connectivity index (χ0n) is 17.6. The minimum absolute atomic E-state index is 0.0504. The summed E-state index contributed by atoms with van der Waals surface area (Å²) < 4.78 is 28.1. The van der Waals surface area contributed by atoms with Crippen molar-refractivity contribution in [3.05, 3.63) is 59.3 Å². The fourth-order valence-corrected chi connectivity index (χ4v) is 4.11. The number of fused-ring (bicyclic) bond motifs is 1. The summed E-state index contributed by atoms with van der Waals surface area (Å²) in [6.45, 7) is 3.17. The topological polar surface area (TPSA) is 57.3 Å². The molecule has 8 heteroatoms. The molecule has 2 N–H and O–H groups in total. The largest absolute Gasteiger partial charge is 0.337 e. The third-order valence-corrected chi connectivity index (χ3v) is 5.96. The molecule has 0 aliphatic carbocycles. The molecule has 0 saturated carbocycles. The van der Waals surface area contributed by atoms with E-state index in [9.17, 15) is 13.6 Å². The van der Waals surface area contributed by atoms with Crippen molar-refractivity contribution >= 4 is 45.5 Å². The molecular weight excluding hydrogens is 434 g/mol. The molecular formula is C24H25ClF2N4O. The maximum Gasteiger partial charge on any atom is 0.224 e. The van der Waals surface area contributed by atoms with Gasteiger partial charge >= 0.3 is 0 Å². The van der Waals surface area contributed by atoms with Gasteiger partial charge in [0, 0.05) is 23.7 Å². The molecule has 0 atom stereocenters. The lowest BCUT2D eigenvalue weighted by atomic mass is 10.1. The molecule has 1 amide bonds. The Morgan fingerprint density at radius 3 is 2.69 bits per heavy atom. The van der Waals surface area contributed by atoms with Gasteiger partial charge in [0.15, 0.2) is 11.6 Å². The summed E-state index contributed by atoms with van der Waals surface area (Å²) in [5.41, 5.74) is 0.554. The molecule has 0 unspecified atom stereocenters. The highest BCUT2D eigenvalue weighted by Crippen LogP contribution is 2.30. The number of carbonyl (C=O) groups excluding carboxylic acids is 1. The molecule has 0 radical (unpaired) electrons. The number of likely N-dealkylation sites (tertiary alicyclic amines) is 1. The van der Waals surface area contributed by atoms with Gasteiger partial charge in [0.2, 0.25) is 5.91 Å². The summed E-state index contributed by atoms with van der Waals surface area (Å²) in [5.74, 6) is -1.89. The number of aromatic nitrogens is 1. The molecule has 168 valence electrons. The van der Waals surface area contributed by atoms with Crippen molar-refractivity contribution in [1.29, 1.82) is 0 Å². The first-order chi connectivity index (χ1) is 15.5. The number of anilines is 3. The first-order valence-corrected chi connectivity index (χ1v) is 11.2. The second-order valence-corrected chi connectivity index (χ2v) is 8.40. The summed E-state index contributed by atoms with van der Waals surface area (Å²) >= 11 is 5.63. The second kappa shape index (κ2) is 10.2. The summed E-state index contributed by atoms with van der Waals surface area (Å²) in [7, 11) is 0. The molecule has 4 rings (SSSR count). The lowest BCUT2D eigenvalue weighted by molar-refractivity contribution is -0.116. The first kappa shape index (κ1) is 22.4. The number of halogens is 3. The number of amides is 1. The second-order valence-electron chi connectivity index (χ2n) is 8.00. The van der Waals surface area contributed by atoms with Crippen molar-refractivity contribution in [3.8, 4) is 0 Å². The van der Waals surface area contributed by atoms with E-state index >= 15 is 0 Å². The zero-order valence-corrected chi connectivity index (χ0v) is 18.4. The van der Waals surface area contributed by atoms with Crippen LogP contribution in [0.2, 0.25) is 5.02 Å². The normalized spacial score (nSPS) is 14.5. The highest BCUT2D eigenvalue weighted by atomic mass is 35.5. The number of piperidine rings is 1. The number of benzene rings is 2. The predicted octanol–water partition coefficient (Wildman–Crippen LogP) is 6.11. The van der Waals surface area contributed by atoms with Crippen LogP contribution in [0.3, 0.4) is 0 Å². The standard InChI is InChI=1S/C24H25ClF2N4O/c25-19-8-9-20(23(27)22(19)26)30-24-18-15-17(7-6-16(18)10-11-28-24)29-21(32)5-4-14-31-12-2-1-3-13-31/h6-11,15H,1-5,12-14H2,(H,28,30)(H,29,32). The van der Waals surface area contributed by atoms with Crippen molar-refractivity contribution in [2.75, 3.05) is 30.3 Å². The minimum atomic E-state index is -1.12. The number of hydrogen-bond donors (Lipinski definition) is 2. The molecule has 3 aromatic rings. The monoisotopic (exact) mass is 458 g/mol. The van der Waals surface area contributed by atoms with Crippen LogP contribution in [0.15, 0.2) is 42.6 Å².